The number of carbonyl (C=O) groups is 2. The average molecular weight is 260 g/mol. The van der Waals surface area contributed by atoms with E-state index >= 15 is 0 Å². The Balaban J connectivity index is 2.53. The van der Waals surface area contributed by atoms with Crippen molar-refractivity contribution in [3.8, 4) is 0 Å². The first-order chi connectivity index (χ1) is 7.90. The quantitative estimate of drug-likeness (QED) is 0.825. The number of carbonyl (C=O) groups excluding carboxylic acids is 1. The van der Waals surface area contributed by atoms with E-state index in [0.29, 0.717) is 26.1 Å². The minimum absolute atomic E-state index is 0.0657. The number of carboxylic acid groups (broad SMARTS) is 1. The van der Waals surface area contributed by atoms with Crippen LogP contribution in [0.15, 0.2) is 0 Å². The number of urea groups is 1. The molecule has 1 N–H and O–H groups in total. The summed E-state index contributed by atoms with van der Waals surface area (Å²) < 4.78 is 0. The molecule has 0 aliphatic carbocycles. The Bertz CT molecular complexity index is 311. The maximum atomic E-state index is 12.0. The van der Waals surface area contributed by atoms with Crippen molar-refractivity contribution in [1.82, 2.24) is 9.80 Å². The van der Waals surface area contributed by atoms with Gasteiger partial charge in [0.1, 0.15) is 0 Å². The molecule has 2 amide bonds. The van der Waals surface area contributed by atoms with Gasteiger partial charge in [0.15, 0.2) is 0 Å². The van der Waals surface area contributed by atoms with E-state index in [9.17, 15) is 9.59 Å². The van der Waals surface area contributed by atoms with Gasteiger partial charge in [0.2, 0.25) is 0 Å². The predicted molar refractivity (Wildman–Crippen MR) is 68.3 cm³/mol. The van der Waals surface area contributed by atoms with Crippen molar-refractivity contribution in [3.05, 3.63) is 0 Å². The zero-order valence-electron chi connectivity index (χ0n) is 10.6. The fourth-order valence-electron chi connectivity index (χ4n) is 1.86. The van der Waals surface area contributed by atoms with Crippen LogP contribution in [0.2, 0.25) is 0 Å². The fraction of sp³-hybridized carbons (Fsp3) is 0.818. The molecule has 98 valence electrons. The van der Waals surface area contributed by atoms with Crippen LogP contribution < -0.4 is 0 Å². The molecule has 0 bridgehead atoms. The van der Waals surface area contributed by atoms with E-state index in [-0.39, 0.29) is 6.03 Å². The fourth-order valence-corrected chi connectivity index (χ4v) is 2.32. The molecule has 17 heavy (non-hydrogen) atoms. The number of amides is 2. The first-order valence-electron chi connectivity index (χ1n) is 5.63. The lowest BCUT2D eigenvalue weighted by Gasteiger charge is -2.25. The molecule has 1 rings (SSSR count). The van der Waals surface area contributed by atoms with Gasteiger partial charge in [-0.3, -0.25) is 4.79 Å². The third kappa shape index (κ3) is 3.28. The van der Waals surface area contributed by atoms with Crippen LogP contribution in [0, 0.1) is 5.41 Å². The molecule has 0 spiro atoms. The molecule has 0 aromatic carbocycles. The third-order valence-corrected chi connectivity index (χ3v) is 3.81. The molecule has 1 aliphatic heterocycles. The average Bonchev–Trinajstić information content (AvgIpc) is 2.69. The lowest BCUT2D eigenvalue weighted by molar-refractivity contribution is -0.147. The van der Waals surface area contributed by atoms with Gasteiger partial charge in [-0.2, -0.15) is 11.8 Å². The van der Waals surface area contributed by atoms with Gasteiger partial charge in [-0.1, -0.05) is 0 Å². The van der Waals surface area contributed by atoms with E-state index in [2.05, 4.69) is 0 Å². The molecule has 0 saturated carbocycles. The molecule has 1 heterocycles. The summed E-state index contributed by atoms with van der Waals surface area (Å²) in [6.07, 6.45) is 2.53. The van der Waals surface area contributed by atoms with Crippen LogP contribution in [-0.2, 0) is 4.79 Å². The highest BCUT2D eigenvalue weighted by Crippen LogP contribution is 2.30. The summed E-state index contributed by atoms with van der Waals surface area (Å²) in [5.74, 6) is 0.0753. The number of hydrogen-bond donors (Lipinski definition) is 1. The highest BCUT2D eigenvalue weighted by molar-refractivity contribution is 7.98. The molecule has 1 unspecified atom stereocenters. The zero-order chi connectivity index (χ0) is 13.1. The Morgan fingerprint density at radius 2 is 2.18 bits per heavy atom. The molecule has 5 nitrogen and oxygen atoms in total. The lowest BCUT2D eigenvalue weighted by Crippen LogP contribution is -2.42. The minimum Gasteiger partial charge on any atom is -0.481 e. The van der Waals surface area contributed by atoms with Crippen molar-refractivity contribution in [2.24, 2.45) is 5.41 Å². The summed E-state index contributed by atoms with van der Waals surface area (Å²) in [6.45, 7) is 3.24. The largest absolute Gasteiger partial charge is 0.481 e. The number of hydrogen-bond acceptors (Lipinski definition) is 3. The van der Waals surface area contributed by atoms with Gasteiger partial charge in [0, 0.05) is 32.4 Å². The van der Waals surface area contributed by atoms with Crippen LogP contribution in [0.3, 0.4) is 0 Å². The van der Waals surface area contributed by atoms with Gasteiger partial charge in [-0.05, 0) is 19.6 Å². The van der Waals surface area contributed by atoms with E-state index in [1.54, 1.807) is 35.5 Å². The van der Waals surface area contributed by atoms with Gasteiger partial charge in [0.05, 0.1) is 5.41 Å². The molecule has 1 saturated heterocycles. The van der Waals surface area contributed by atoms with Crippen molar-refractivity contribution in [2.75, 3.05) is 38.7 Å². The smallest absolute Gasteiger partial charge is 0.319 e. The second kappa shape index (κ2) is 5.62. The van der Waals surface area contributed by atoms with E-state index in [0.717, 1.165) is 5.75 Å². The molecule has 1 fully saturated rings. The van der Waals surface area contributed by atoms with Gasteiger partial charge in [-0.15, -0.1) is 0 Å². The lowest BCUT2D eigenvalue weighted by atomic mass is 9.90. The van der Waals surface area contributed by atoms with E-state index in [1.165, 1.54) is 0 Å². The molecule has 1 aliphatic rings. The monoisotopic (exact) mass is 260 g/mol. The minimum atomic E-state index is -0.820. The number of aliphatic carboxylic acids is 1. The van der Waals surface area contributed by atoms with Crippen LogP contribution in [0.1, 0.15) is 13.3 Å². The van der Waals surface area contributed by atoms with Gasteiger partial charge < -0.3 is 14.9 Å². The van der Waals surface area contributed by atoms with Crippen molar-refractivity contribution in [1.29, 1.82) is 0 Å². The summed E-state index contributed by atoms with van der Waals surface area (Å²) in [4.78, 5) is 26.4. The Kier molecular flexibility index (Phi) is 4.68. The molecule has 0 aromatic heterocycles. The highest BCUT2D eigenvalue weighted by Gasteiger charge is 2.42. The maximum Gasteiger partial charge on any atom is 0.319 e. The normalized spacial score (nSPS) is 23.8. The summed E-state index contributed by atoms with van der Waals surface area (Å²) in [6, 6.07) is -0.0657. The topological polar surface area (TPSA) is 60.9 Å². The second-order valence-corrected chi connectivity index (χ2v) is 5.72. The van der Waals surface area contributed by atoms with Crippen LogP contribution in [-0.4, -0.2) is 65.6 Å². The van der Waals surface area contributed by atoms with E-state index in [4.69, 9.17) is 5.11 Å². The number of nitrogens with zero attached hydrogens (tertiary/aromatic N) is 2. The molecule has 0 radical (unpaired) electrons. The molecule has 6 heteroatoms. The van der Waals surface area contributed by atoms with Crippen LogP contribution in [0.4, 0.5) is 4.79 Å². The van der Waals surface area contributed by atoms with Gasteiger partial charge >= 0.3 is 12.0 Å². The number of likely N-dealkylation sites (tertiary alicyclic amines) is 1. The number of thioether (sulfide) groups is 1. The standard InChI is InChI=1S/C11H20N2O3S/c1-11(9(14)15)4-5-13(8-11)10(16)12(2)6-7-17-3/h4-8H2,1-3H3,(H,14,15). The SMILES string of the molecule is CSCCN(C)C(=O)N1CCC(C)(C(=O)O)C1. The molecular weight excluding hydrogens is 240 g/mol. The van der Waals surface area contributed by atoms with Crippen molar-refractivity contribution in [2.45, 2.75) is 13.3 Å². The first-order valence-corrected chi connectivity index (χ1v) is 7.02. The number of carboxylic acids is 1. The van der Waals surface area contributed by atoms with Crippen molar-refractivity contribution < 1.29 is 14.7 Å². The second-order valence-electron chi connectivity index (χ2n) is 4.73. The van der Waals surface area contributed by atoms with Crippen LogP contribution in [0.5, 0.6) is 0 Å². The molecular formula is C11H20N2O3S. The highest BCUT2D eigenvalue weighted by atomic mass is 32.2. The van der Waals surface area contributed by atoms with E-state index < -0.39 is 11.4 Å². The van der Waals surface area contributed by atoms with Crippen LogP contribution in [0.25, 0.3) is 0 Å². The molecule has 0 aromatic rings. The summed E-state index contributed by atoms with van der Waals surface area (Å²) in [5, 5.41) is 9.10. The maximum absolute atomic E-state index is 12.0. The summed E-state index contributed by atoms with van der Waals surface area (Å²) in [5.41, 5.74) is -0.782. The van der Waals surface area contributed by atoms with E-state index in [1.807, 2.05) is 6.26 Å². The third-order valence-electron chi connectivity index (χ3n) is 3.22. The predicted octanol–water partition coefficient (Wildman–Crippen LogP) is 1.20. The molecule has 1 atom stereocenters. The van der Waals surface area contributed by atoms with Crippen molar-refractivity contribution >= 4 is 23.8 Å². The first kappa shape index (κ1) is 14.2. The van der Waals surface area contributed by atoms with Gasteiger partial charge in [0.25, 0.3) is 0 Å². The Labute approximate surface area is 106 Å². The zero-order valence-corrected chi connectivity index (χ0v) is 11.4. The Morgan fingerprint density at radius 3 is 2.65 bits per heavy atom. The van der Waals surface area contributed by atoms with Crippen molar-refractivity contribution in [3.63, 3.8) is 0 Å². The van der Waals surface area contributed by atoms with Gasteiger partial charge in [-0.25, -0.2) is 4.79 Å². The Hall–Kier alpha value is -0.910. The summed E-state index contributed by atoms with van der Waals surface area (Å²) >= 11 is 1.69. The Morgan fingerprint density at radius 1 is 1.53 bits per heavy atom. The number of rotatable bonds is 4. The summed E-state index contributed by atoms with van der Waals surface area (Å²) in [7, 11) is 1.76. The van der Waals surface area contributed by atoms with Crippen LogP contribution >= 0.6 is 11.8 Å².